The molecule has 0 atom stereocenters. The molecular formula is C15H19Li. The van der Waals surface area contributed by atoms with Crippen LogP contribution in [0.15, 0.2) is 24.3 Å². The fraction of sp³-hybridized carbons (Fsp3) is 0.467. The van der Waals surface area contributed by atoms with Crippen molar-refractivity contribution in [1.29, 1.82) is 0 Å². The average Bonchev–Trinajstić information content (AvgIpc) is 2.13. The predicted molar refractivity (Wildman–Crippen MR) is 65.2 cm³/mol. The molecule has 80 valence electrons. The van der Waals surface area contributed by atoms with Crippen molar-refractivity contribution in [3.63, 3.8) is 0 Å². The van der Waals surface area contributed by atoms with Crippen molar-refractivity contribution in [3.8, 4) is 0 Å². The smallest absolute Gasteiger partial charge is 0.180 e. The van der Waals surface area contributed by atoms with Crippen LogP contribution in [0.3, 0.4) is 0 Å². The molecule has 0 radical (unpaired) electrons. The molecule has 0 nitrogen and oxygen atoms in total. The molecule has 1 aliphatic carbocycles. The van der Waals surface area contributed by atoms with Gasteiger partial charge in [0.2, 0.25) is 0 Å². The van der Waals surface area contributed by atoms with Crippen molar-refractivity contribution in [1.82, 2.24) is 0 Å². The minimum Gasteiger partial charge on any atom is -0.180 e. The summed E-state index contributed by atoms with van der Waals surface area (Å²) in [6.07, 6.45) is 4.65. The fourth-order valence-electron chi connectivity index (χ4n) is 2.26. The van der Waals surface area contributed by atoms with Crippen LogP contribution in [0.25, 0.3) is 0 Å². The van der Waals surface area contributed by atoms with E-state index in [0.717, 1.165) is 0 Å². The Morgan fingerprint density at radius 1 is 0.938 bits per heavy atom. The number of rotatable bonds is 0. The van der Waals surface area contributed by atoms with Crippen LogP contribution >= 0.6 is 0 Å². The molecule has 0 N–H and O–H groups in total. The molecule has 0 heterocycles. The summed E-state index contributed by atoms with van der Waals surface area (Å²) >= 11 is 0. The number of allylic oxidation sites excluding steroid dienone is 2. The van der Waals surface area contributed by atoms with Crippen molar-refractivity contribution >= 4 is 0 Å². The van der Waals surface area contributed by atoms with Crippen LogP contribution in [0.1, 0.15) is 44.4 Å². The maximum absolute atomic E-state index is 3.32. The maximum Gasteiger partial charge on any atom is 1.00 e. The van der Waals surface area contributed by atoms with E-state index in [4.69, 9.17) is 0 Å². The number of benzene rings is 1. The third kappa shape index (κ3) is 2.15. The SMILES string of the molecule is Cc1[c-]cc2c(c1)C(C)(C)C=CC2(C)C.[Li+]. The van der Waals surface area contributed by atoms with E-state index >= 15 is 0 Å². The van der Waals surface area contributed by atoms with E-state index in [0.29, 0.717) is 0 Å². The monoisotopic (exact) mass is 206 g/mol. The van der Waals surface area contributed by atoms with Crippen molar-refractivity contribution < 1.29 is 18.9 Å². The quantitative estimate of drug-likeness (QED) is 0.336. The summed E-state index contributed by atoms with van der Waals surface area (Å²) in [6, 6.07) is 7.76. The van der Waals surface area contributed by atoms with Gasteiger partial charge in [0.15, 0.2) is 0 Å². The van der Waals surface area contributed by atoms with E-state index in [1.807, 2.05) is 0 Å². The molecule has 1 aliphatic rings. The Morgan fingerprint density at radius 3 is 2.00 bits per heavy atom. The molecular weight excluding hydrogens is 187 g/mol. The normalized spacial score (nSPS) is 19.8. The second-order valence-corrected chi connectivity index (χ2v) is 5.72. The molecule has 0 amide bonds. The van der Waals surface area contributed by atoms with Crippen molar-refractivity contribution in [2.24, 2.45) is 0 Å². The number of hydrogen-bond acceptors (Lipinski definition) is 0. The first-order valence-corrected chi connectivity index (χ1v) is 5.57. The molecule has 0 aliphatic heterocycles. The zero-order chi connectivity index (χ0) is 11.3. The van der Waals surface area contributed by atoms with E-state index in [2.05, 4.69) is 65.0 Å². The first kappa shape index (κ1) is 13.6. The van der Waals surface area contributed by atoms with Crippen molar-refractivity contribution in [3.05, 3.63) is 47.0 Å². The third-order valence-corrected chi connectivity index (χ3v) is 3.40. The van der Waals surface area contributed by atoms with Crippen molar-refractivity contribution in [2.75, 3.05) is 0 Å². The summed E-state index contributed by atoms with van der Waals surface area (Å²) in [7, 11) is 0. The molecule has 1 heteroatoms. The Labute approximate surface area is 111 Å². The minimum atomic E-state index is 0. The number of fused-ring (bicyclic) bond motifs is 1. The van der Waals surface area contributed by atoms with Gasteiger partial charge in [-0.15, -0.1) is 11.1 Å². The summed E-state index contributed by atoms with van der Waals surface area (Å²) in [5.74, 6) is 0. The molecule has 0 saturated heterocycles. The second kappa shape index (κ2) is 4.10. The zero-order valence-electron chi connectivity index (χ0n) is 11.3. The summed E-state index contributed by atoms with van der Waals surface area (Å²) in [5, 5.41) is 0. The topological polar surface area (TPSA) is 0 Å². The van der Waals surface area contributed by atoms with Gasteiger partial charge in [0, 0.05) is 0 Å². The van der Waals surface area contributed by atoms with Crippen LogP contribution < -0.4 is 18.9 Å². The summed E-state index contributed by atoms with van der Waals surface area (Å²) in [5.41, 5.74) is 4.40. The molecule has 0 spiro atoms. The first-order chi connectivity index (χ1) is 6.83. The van der Waals surface area contributed by atoms with Gasteiger partial charge in [0.05, 0.1) is 0 Å². The molecule has 16 heavy (non-hydrogen) atoms. The molecule has 0 bridgehead atoms. The van der Waals surface area contributed by atoms with E-state index in [9.17, 15) is 0 Å². The summed E-state index contributed by atoms with van der Waals surface area (Å²) < 4.78 is 0. The number of aryl methyl sites for hydroxylation is 1. The van der Waals surface area contributed by atoms with Crippen molar-refractivity contribution in [2.45, 2.75) is 45.4 Å². The van der Waals surface area contributed by atoms with Gasteiger partial charge in [-0.1, -0.05) is 46.8 Å². The van der Waals surface area contributed by atoms with Crippen LogP contribution in [-0.2, 0) is 10.8 Å². The zero-order valence-corrected chi connectivity index (χ0v) is 11.3. The molecule has 0 unspecified atom stereocenters. The molecule has 1 aromatic carbocycles. The summed E-state index contributed by atoms with van der Waals surface area (Å²) in [4.78, 5) is 0. The Hall–Kier alpha value is -0.443. The van der Waals surface area contributed by atoms with Gasteiger partial charge < -0.3 is 0 Å². The van der Waals surface area contributed by atoms with Crippen LogP contribution in [0, 0.1) is 13.0 Å². The molecule has 0 saturated carbocycles. The van der Waals surface area contributed by atoms with Gasteiger partial charge in [0.25, 0.3) is 0 Å². The Bertz CT molecular complexity index is 425. The Balaban J connectivity index is 0.00000128. The number of hydrogen-bond donors (Lipinski definition) is 0. The Kier molecular flexibility index (Phi) is 3.49. The largest absolute Gasteiger partial charge is 1.00 e. The van der Waals surface area contributed by atoms with Gasteiger partial charge in [-0.2, -0.15) is 23.8 Å². The summed E-state index contributed by atoms with van der Waals surface area (Å²) in [6.45, 7) is 11.2. The third-order valence-electron chi connectivity index (χ3n) is 3.40. The minimum absolute atomic E-state index is 0. The van der Waals surface area contributed by atoms with Gasteiger partial charge in [-0.05, 0) is 10.8 Å². The van der Waals surface area contributed by atoms with Crippen LogP contribution in [0.2, 0.25) is 0 Å². The maximum atomic E-state index is 3.32. The molecule has 1 aromatic rings. The van der Waals surface area contributed by atoms with E-state index in [-0.39, 0.29) is 29.7 Å². The molecule has 0 aromatic heterocycles. The van der Waals surface area contributed by atoms with Crippen LogP contribution in [-0.4, -0.2) is 0 Å². The second-order valence-electron chi connectivity index (χ2n) is 5.72. The van der Waals surface area contributed by atoms with E-state index in [1.54, 1.807) is 0 Å². The van der Waals surface area contributed by atoms with Crippen LogP contribution in [0.5, 0.6) is 0 Å². The van der Waals surface area contributed by atoms with E-state index in [1.165, 1.54) is 16.7 Å². The van der Waals surface area contributed by atoms with E-state index < -0.39 is 0 Å². The van der Waals surface area contributed by atoms with Gasteiger partial charge >= 0.3 is 18.9 Å². The van der Waals surface area contributed by atoms with Gasteiger partial charge in [0.1, 0.15) is 0 Å². The Morgan fingerprint density at radius 2 is 1.44 bits per heavy atom. The van der Waals surface area contributed by atoms with Crippen LogP contribution in [0.4, 0.5) is 0 Å². The van der Waals surface area contributed by atoms with Gasteiger partial charge in [-0.25, -0.2) is 0 Å². The molecule has 0 fully saturated rings. The fourth-order valence-corrected chi connectivity index (χ4v) is 2.26. The predicted octanol–water partition coefficient (Wildman–Crippen LogP) is 0.924. The average molecular weight is 206 g/mol. The van der Waals surface area contributed by atoms with Gasteiger partial charge in [-0.3, -0.25) is 0 Å². The standard InChI is InChI=1S/C15H19.Li/c1-11-6-7-12-13(10-11)15(4,5)9-8-14(12,2)3;/h7-10H,1-5H3;/q-1;+1. The molecule has 2 rings (SSSR count). The first-order valence-electron chi connectivity index (χ1n) is 5.57.